The summed E-state index contributed by atoms with van der Waals surface area (Å²) in [5.74, 6) is 0.479. The van der Waals surface area contributed by atoms with Crippen LogP contribution in [0.3, 0.4) is 0 Å². The number of carbonyl (C=O) groups is 2. The maximum Gasteiger partial charge on any atom is 0.243 e. The highest BCUT2D eigenvalue weighted by atomic mass is 32.2. The molecule has 1 aromatic heterocycles. The van der Waals surface area contributed by atoms with Gasteiger partial charge in [-0.2, -0.15) is 4.31 Å². The van der Waals surface area contributed by atoms with E-state index >= 15 is 0 Å². The lowest BCUT2D eigenvalue weighted by Gasteiger charge is -2.34. The number of hydrogen-bond acceptors (Lipinski definition) is 5. The van der Waals surface area contributed by atoms with Crippen molar-refractivity contribution in [3.8, 4) is 5.75 Å². The normalized spacial score (nSPS) is 14.9. The maximum atomic E-state index is 13.0. The fourth-order valence-electron chi connectivity index (χ4n) is 3.93. The fraction of sp³-hybridized carbons (Fsp3) is 0.304. The van der Waals surface area contributed by atoms with Gasteiger partial charge in [0.25, 0.3) is 0 Å². The maximum absolute atomic E-state index is 13.0. The van der Waals surface area contributed by atoms with Crippen molar-refractivity contribution < 1.29 is 22.7 Å². The number of rotatable bonds is 6. The molecule has 1 fully saturated rings. The molecule has 2 aromatic carbocycles. The Morgan fingerprint density at radius 3 is 2.33 bits per heavy atom. The first-order valence-corrected chi connectivity index (χ1v) is 12.0. The molecule has 0 aliphatic carbocycles. The van der Waals surface area contributed by atoms with E-state index < -0.39 is 10.0 Å². The lowest BCUT2D eigenvalue weighted by atomic mass is 10.2. The molecule has 9 nitrogen and oxygen atoms in total. The first kappa shape index (κ1) is 22.8. The van der Waals surface area contributed by atoms with E-state index in [1.165, 1.54) is 23.4 Å². The van der Waals surface area contributed by atoms with Crippen molar-refractivity contribution in [2.75, 3.05) is 38.6 Å². The summed E-state index contributed by atoms with van der Waals surface area (Å²) in [6.45, 7) is 2.69. The van der Waals surface area contributed by atoms with Gasteiger partial charge in [-0.1, -0.05) is 0 Å². The number of ether oxygens (including phenoxy) is 1. The van der Waals surface area contributed by atoms with Crippen LogP contribution in [0.5, 0.6) is 5.75 Å². The number of anilines is 1. The molecule has 10 heteroatoms. The number of nitrogens with one attached hydrogen (secondary N) is 1. The molecule has 0 unspecified atom stereocenters. The molecule has 2 amide bonds. The SMILES string of the molecule is COc1ccc2c(ccn2CC(=O)N2CCN(S(=O)(=O)c3ccc(NC(C)=O)cc3)CC2)c1. The van der Waals surface area contributed by atoms with Crippen molar-refractivity contribution in [2.45, 2.75) is 18.4 Å². The standard InChI is InChI=1S/C23H26N4O5S/c1-17(28)24-19-3-6-21(7-4-19)33(30,31)27-13-11-25(12-14-27)23(29)16-26-10-9-18-15-20(32-2)5-8-22(18)26/h3-10,15H,11-14,16H2,1-2H3,(H,24,28). The van der Waals surface area contributed by atoms with Crippen LogP contribution in [-0.4, -0.2) is 67.3 Å². The predicted octanol–water partition coefficient (Wildman–Crippen LogP) is 2.14. The molecule has 0 radical (unpaired) electrons. The van der Waals surface area contributed by atoms with Gasteiger partial charge >= 0.3 is 0 Å². The molecule has 1 N–H and O–H groups in total. The number of piperazine rings is 1. The van der Waals surface area contributed by atoms with Gasteiger partial charge in [0.1, 0.15) is 12.3 Å². The van der Waals surface area contributed by atoms with Crippen LogP contribution in [0.15, 0.2) is 59.6 Å². The molecular weight excluding hydrogens is 444 g/mol. The summed E-state index contributed by atoms with van der Waals surface area (Å²) in [6.07, 6.45) is 1.87. The molecule has 1 aliphatic rings. The minimum Gasteiger partial charge on any atom is -0.497 e. The lowest BCUT2D eigenvalue weighted by molar-refractivity contribution is -0.133. The van der Waals surface area contributed by atoms with Crippen LogP contribution in [0, 0.1) is 0 Å². The summed E-state index contributed by atoms with van der Waals surface area (Å²) in [4.78, 5) is 25.9. The van der Waals surface area contributed by atoms with Crippen molar-refractivity contribution >= 4 is 38.4 Å². The number of methoxy groups -OCH3 is 1. The second-order valence-corrected chi connectivity index (χ2v) is 9.80. The van der Waals surface area contributed by atoms with E-state index in [-0.39, 0.29) is 36.3 Å². The molecule has 4 rings (SSSR count). The Hall–Kier alpha value is -3.37. The van der Waals surface area contributed by atoms with E-state index in [1.54, 1.807) is 24.1 Å². The van der Waals surface area contributed by atoms with Gasteiger partial charge in [0.05, 0.1) is 12.0 Å². The number of hydrogen-bond donors (Lipinski definition) is 1. The van der Waals surface area contributed by atoms with E-state index in [9.17, 15) is 18.0 Å². The monoisotopic (exact) mass is 470 g/mol. The number of nitrogens with zero attached hydrogens (tertiary/aromatic N) is 3. The predicted molar refractivity (Wildman–Crippen MR) is 125 cm³/mol. The zero-order chi connectivity index (χ0) is 23.6. The summed E-state index contributed by atoms with van der Waals surface area (Å²) < 4.78 is 34.5. The van der Waals surface area contributed by atoms with Crippen LogP contribution >= 0.6 is 0 Å². The molecule has 0 atom stereocenters. The second-order valence-electron chi connectivity index (χ2n) is 7.86. The van der Waals surface area contributed by atoms with Crippen molar-refractivity contribution in [3.63, 3.8) is 0 Å². The zero-order valence-electron chi connectivity index (χ0n) is 18.5. The molecule has 1 saturated heterocycles. The van der Waals surface area contributed by atoms with E-state index in [0.29, 0.717) is 18.8 Å². The smallest absolute Gasteiger partial charge is 0.243 e. The van der Waals surface area contributed by atoms with Gasteiger partial charge in [-0.3, -0.25) is 9.59 Å². The Morgan fingerprint density at radius 1 is 1.00 bits per heavy atom. The molecule has 1 aliphatic heterocycles. The van der Waals surface area contributed by atoms with Crippen molar-refractivity contribution in [1.82, 2.24) is 13.8 Å². The summed E-state index contributed by atoms with van der Waals surface area (Å²) in [5, 5.41) is 3.60. The lowest BCUT2D eigenvalue weighted by Crippen LogP contribution is -2.51. The number of amides is 2. The third-order valence-electron chi connectivity index (χ3n) is 5.69. The number of carbonyl (C=O) groups excluding carboxylic acids is 2. The molecular formula is C23H26N4O5S. The molecule has 174 valence electrons. The summed E-state index contributed by atoms with van der Waals surface area (Å²) in [7, 11) is -2.06. The third-order valence-corrected chi connectivity index (χ3v) is 7.60. The molecule has 0 bridgehead atoms. The van der Waals surface area contributed by atoms with Gasteiger partial charge in [-0.05, 0) is 48.5 Å². The van der Waals surface area contributed by atoms with Crippen LogP contribution < -0.4 is 10.1 Å². The quantitative estimate of drug-likeness (QED) is 0.595. The van der Waals surface area contributed by atoms with Crippen molar-refractivity contribution in [2.24, 2.45) is 0 Å². The second kappa shape index (κ2) is 9.24. The van der Waals surface area contributed by atoms with E-state index in [2.05, 4.69) is 5.32 Å². The van der Waals surface area contributed by atoms with E-state index in [4.69, 9.17) is 4.74 Å². The minimum atomic E-state index is -3.68. The summed E-state index contributed by atoms with van der Waals surface area (Å²) in [5.41, 5.74) is 1.47. The average Bonchev–Trinajstić information content (AvgIpc) is 3.20. The Bertz CT molecular complexity index is 1280. The Labute approximate surface area is 192 Å². The molecule has 33 heavy (non-hydrogen) atoms. The van der Waals surface area contributed by atoms with E-state index in [1.807, 2.05) is 35.0 Å². The first-order valence-electron chi connectivity index (χ1n) is 10.6. The summed E-state index contributed by atoms with van der Waals surface area (Å²) in [6, 6.07) is 13.7. The van der Waals surface area contributed by atoms with Gasteiger partial charge in [-0.25, -0.2) is 8.42 Å². The van der Waals surface area contributed by atoms with Crippen LogP contribution in [0.1, 0.15) is 6.92 Å². The largest absolute Gasteiger partial charge is 0.497 e. The van der Waals surface area contributed by atoms with Gasteiger partial charge < -0.3 is 19.5 Å². The number of benzene rings is 2. The molecule has 0 spiro atoms. The zero-order valence-corrected chi connectivity index (χ0v) is 19.3. The van der Waals surface area contributed by atoms with Crippen LogP contribution in [-0.2, 0) is 26.2 Å². The van der Waals surface area contributed by atoms with Crippen LogP contribution in [0.2, 0.25) is 0 Å². The molecule has 2 heterocycles. The van der Waals surface area contributed by atoms with Gasteiger partial charge in [0.15, 0.2) is 0 Å². The fourth-order valence-corrected chi connectivity index (χ4v) is 5.35. The van der Waals surface area contributed by atoms with Gasteiger partial charge in [0.2, 0.25) is 21.8 Å². The van der Waals surface area contributed by atoms with Crippen LogP contribution in [0.4, 0.5) is 5.69 Å². The number of sulfonamides is 1. The Morgan fingerprint density at radius 2 is 1.70 bits per heavy atom. The van der Waals surface area contributed by atoms with Crippen LogP contribution in [0.25, 0.3) is 10.9 Å². The topological polar surface area (TPSA) is 101 Å². The minimum absolute atomic E-state index is 0.0555. The van der Waals surface area contributed by atoms with Crippen molar-refractivity contribution in [1.29, 1.82) is 0 Å². The Balaban J connectivity index is 1.38. The van der Waals surface area contributed by atoms with Gasteiger partial charge in [-0.15, -0.1) is 0 Å². The summed E-state index contributed by atoms with van der Waals surface area (Å²) >= 11 is 0. The Kier molecular flexibility index (Phi) is 6.39. The number of fused-ring (bicyclic) bond motifs is 1. The van der Waals surface area contributed by atoms with Gasteiger partial charge in [0, 0.05) is 55.9 Å². The van der Waals surface area contributed by atoms with Crippen molar-refractivity contribution in [3.05, 3.63) is 54.7 Å². The number of aromatic nitrogens is 1. The highest BCUT2D eigenvalue weighted by Gasteiger charge is 2.30. The first-order chi connectivity index (χ1) is 15.8. The van der Waals surface area contributed by atoms with E-state index in [0.717, 1.165) is 16.7 Å². The molecule has 3 aromatic rings. The highest BCUT2D eigenvalue weighted by Crippen LogP contribution is 2.23. The molecule has 0 saturated carbocycles. The highest BCUT2D eigenvalue weighted by molar-refractivity contribution is 7.89. The average molecular weight is 471 g/mol. The third kappa shape index (κ3) is 4.86.